The molecule has 0 amide bonds. The molecule has 1 unspecified atom stereocenters. The summed E-state index contributed by atoms with van der Waals surface area (Å²) in [6, 6.07) is 15.9. The smallest absolute Gasteiger partial charge is 1.00 e. The van der Waals surface area contributed by atoms with Gasteiger partial charge in [0.1, 0.15) is 0 Å². The van der Waals surface area contributed by atoms with Gasteiger partial charge in [-0.2, -0.15) is 0 Å². The van der Waals surface area contributed by atoms with E-state index in [1.165, 1.54) is 41.5 Å². The van der Waals surface area contributed by atoms with Crippen molar-refractivity contribution in [1.82, 2.24) is 0 Å². The van der Waals surface area contributed by atoms with E-state index in [2.05, 4.69) is 62.4 Å². The summed E-state index contributed by atoms with van der Waals surface area (Å²) in [6.45, 7) is 4.49. The van der Waals surface area contributed by atoms with Crippen LogP contribution in [-0.2, 0) is 31.1 Å². The van der Waals surface area contributed by atoms with Crippen LogP contribution in [0.5, 0.6) is 0 Å². The van der Waals surface area contributed by atoms with Gasteiger partial charge >= 0.3 is 150 Å². The van der Waals surface area contributed by atoms with Crippen LogP contribution in [0.3, 0.4) is 0 Å². The van der Waals surface area contributed by atoms with Crippen molar-refractivity contribution in [2.24, 2.45) is 0 Å². The van der Waals surface area contributed by atoms with Crippen molar-refractivity contribution in [1.29, 1.82) is 0 Å². The molecule has 0 saturated heterocycles. The molecule has 1 aliphatic rings. The van der Waals surface area contributed by atoms with Crippen molar-refractivity contribution < 1.29 is 49.5 Å². The van der Waals surface area contributed by atoms with E-state index in [-0.39, 0.29) is 24.8 Å². The van der Waals surface area contributed by atoms with Gasteiger partial charge in [-0.05, 0) is 0 Å². The van der Waals surface area contributed by atoms with Crippen molar-refractivity contribution in [3.05, 3.63) is 64.7 Å². The van der Waals surface area contributed by atoms with Crippen LogP contribution in [-0.4, -0.2) is 0 Å². The van der Waals surface area contributed by atoms with Crippen LogP contribution in [0, 0.1) is 0 Å². The summed E-state index contributed by atoms with van der Waals surface area (Å²) in [5.74, 6) is 0. The molecule has 0 saturated carbocycles. The van der Waals surface area contributed by atoms with E-state index < -0.39 is 0 Å². The third kappa shape index (κ3) is 4.43. The predicted molar refractivity (Wildman–Crippen MR) is 91.5 cm³/mol. The van der Waals surface area contributed by atoms with Crippen LogP contribution in [0.1, 0.15) is 53.4 Å². The molecular weight excluding hydrogens is 414 g/mol. The van der Waals surface area contributed by atoms with E-state index in [0.29, 0.717) is 3.63 Å². The number of halogens is 2. The Balaban J connectivity index is 0.00000144. The maximum Gasteiger partial charge on any atom is -1.00 e. The quantitative estimate of drug-likeness (QED) is 0.623. The zero-order valence-corrected chi connectivity index (χ0v) is 18.3. The molecule has 0 aromatic heterocycles. The minimum absolute atomic E-state index is 0. The van der Waals surface area contributed by atoms with Crippen LogP contribution in [0.15, 0.2) is 48.0 Å². The summed E-state index contributed by atoms with van der Waals surface area (Å²) in [6.07, 6.45) is 7.44. The Bertz CT molecular complexity index is 689. The summed E-state index contributed by atoms with van der Waals surface area (Å²) in [7, 11) is 0. The Morgan fingerprint density at radius 3 is 2.29 bits per heavy atom. The molecule has 0 heterocycles. The summed E-state index contributed by atoms with van der Waals surface area (Å²) in [5.41, 5.74) is 8.83. The molecule has 0 bridgehead atoms. The van der Waals surface area contributed by atoms with Crippen LogP contribution < -0.4 is 24.8 Å². The first-order valence-electron chi connectivity index (χ1n) is 8.38. The van der Waals surface area contributed by atoms with E-state index in [1.54, 1.807) is 35.9 Å². The second-order valence-corrected chi connectivity index (χ2v) is 7.53. The summed E-state index contributed by atoms with van der Waals surface area (Å²) >= 11 is 1.62. The van der Waals surface area contributed by atoms with Crippen molar-refractivity contribution in [3.8, 4) is 11.1 Å². The van der Waals surface area contributed by atoms with Gasteiger partial charge in [0.15, 0.2) is 0 Å². The molecular formula is C21H23Cl2Zr. The number of aryl methyl sites for hydroxylation is 1. The zero-order chi connectivity index (χ0) is 15.5. The van der Waals surface area contributed by atoms with Gasteiger partial charge in [-0.1, -0.05) is 0 Å². The second kappa shape index (κ2) is 9.95. The van der Waals surface area contributed by atoms with Crippen LogP contribution >= 0.6 is 0 Å². The molecule has 125 valence electrons. The van der Waals surface area contributed by atoms with E-state index in [4.69, 9.17) is 0 Å². The van der Waals surface area contributed by atoms with Gasteiger partial charge in [0.25, 0.3) is 0 Å². The second-order valence-electron chi connectivity index (χ2n) is 6.11. The first kappa shape index (κ1) is 21.7. The maximum absolute atomic E-state index is 2.48. The zero-order valence-electron chi connectivity index (χ0n) is 14.3. The Hall–Kier alpha value is -0.357. The topological polar surface area (TPSA) is 0 Å². The molecule has 2 aromatic rings. The minimum atomic E-state index is 0. The fraction of sp³-hybridized carbons (Fsp3) is 0.333. The molecule has 0 radical (unpaired) electrons. The third-order valence-electron chi connectivity index (χ3n) is 4.64. The Kier molecular flexibility index (Phi) is 8.99. The van der Waals surface area contributed by atoms with E-state index in [1.807, 2.05) is 0 Å². The number of fused-ring (bicyclic) bond motifs is 1. The van der Waals surface area contributed by atoms with Crippen molar-refractivity contribution in [2.75, 3.05) is 0 Å². The number of benzene rings is 2. The number of hydrogen-bond donors (Lipinski definition) is 0. The first-order chi connectivity index (χ1) is 10.7. The average Bonchev–Trinajstić information content (AvgIpc) is 2.89. The first-order valence-corrected chi connectivity index (χ1v) is 9.80. The Labute approximate surface area is 173 Å². The molecule has 3 heteroatoms. The number of unbranched alkanes of at least 4 members (excludes halogenated alkanes) is 1. The number of hydrogen-bond acceptors (Lipinski definition) is 0. The normalized spacial score (nSPS) is 15.2. The average molecular weight is 438 g/mol. The molecule has 1 atom stereocenters. The van der Waals surface area contributed by atoms with Gasteiger partial charge in [-0.3, -0.25) is 0 Å². The van der Waals surface area contributed by atoms with Gasteiger partial charge in [0.2, 0.25) is 0 Å². The fourth-order valence-corrected chi connectivity index (χ4v) is 4.41. The van der Waals surface area contributed by atoms with Crippen molar-refractivity contribution in [3.63, 3.8) is 0 Å². The SMILES string of the molecule is CCCCC1=Cc2c(-c3ccc(CC)cc3)cccc2[CH]1[Zr+2].[Cl-].[Cl-]. The number of allylic oxidation sites excluding steroid dienone is 1. The van der Waals surface area contributed by atoms with Gasteiger partial charge < -0.3 is 24.8 Å². The molecule has 0 N–H and O–H groups in total. The van der Waals surface area contributed by atoms with Crippen molar-refractivity contribution in [2.45, 2.75) is 43.2 Å². The van der Waals surface area contributed by atoms with Crippen LogP contribution in [0.4, 0.5) is 0 Å². The predicted octanol–water partition coefficient (Wildman–Crippen LogP) is 0.0991. The standard InChI is InChI=1S/C21H23.2ClH.Zr/c1-3-5-7-17-14-19-8-6-9-20(21(19)15-17)18-12-10-16(4-2)11-13-18;;;/h6,8-15H,3-5,7H2,1-2H3;2*1H;/q;;;+2/p-2. The number of rotatable bonds is 5. The molecule has 0 aliphatic heterocycles. The molecule has 0 nitrogen and oxygen atoms in total. The van der Waals surface area contributed by atoms with Gasteiger partial charge in [0.05, 0.1) is 0 Å². The van der Waals surface area contributed by atoms with Gasteiger partial charge in [-0.25, -0.2) is 0 Å². The largest absolute Gasteiger partial charge is 1.00 e. The van der Waals surface area contributed by atoms with Gasteiger partial charge in [0, 0.05) is 0 Å². The van der Waals surface area contributed by atoms with Crippen molar-refractivity contribution >= 4 is 6.08 Å². The fourth-order valence-electron chi connectivity index (χ4n) is 3.23. The van der Waals surface area contributed by atoms with E-state index in [9.17, 15) is 0 Å². The molecule has 1 aliphatic carbocycles. The molecule has 2 aromatic carbocycles. The van der Waals surface area contributed by atoms with Gasteiger partial charge in [-0.15, -0.1) is 0 Å². The minimum Gasteiger partial charge on any atom is -1.00 e. The monoisotopic (exact) mass is 435 g/mol. The molecule has 0 fully saturated rings. The molecule has 0 spiro atoms. The maximum atomic E-state index is 2.48. The van der Waals surface area contributed by atoms with E-state index in [0.717, 1.165) is 6.42 Å². The molecule has 3 rings (SSSR count). The summed E-state index contributed by atoms with van der Waals surface area (Å²) in [5, 5.41) is 0. The molecule has 24 heavy (non-hydrogen) atoms. The van der Waals surface area contributed by atoms with Crippen LogP contribution in [0.25, 0.3) is 17.2 Å². The third-order valence-corrected chi connectivity index (χ3v) is 6.32. The summed E-state index contributed by atoms with van der Waals surface area (Å²) in [4.78, 5) is 0. The van der Waals surface area contributed by atoms with E-state index >= 15 is 0 Å². The Morgan fingerprint density at radius 1 is 0.958 bits per heavy atom. The Morgan fingerprint density at radius 2 is 1.67 bits per heavy atom. The summed E-state index contributed by atoms with van der Waals surface area (Å²) < 4.78 is 0.670. The van der Waals surface area contributed by atoms with Crippen LogP contribution in [0.2, 0.25) is 0 Å².